The van der Waals surface area contributed by atoms with Gasteiger partial charge in [-0.05, 0) is 24.3 Å². The first kappa shape index (κ1) is 21.8. The quantitative estimate of drug-likeness (QED) is 0.539. The number of amides is 2. The number of para-hydroxylation sites is 1. The highest BCUT2D eigenvalue weighted by Crippen LogP contribution is 2.23. The normalized spacial score (nSPS) is 14.5. The van der Waals surface area contributed by atoms with Gasteiger partial charge in [0.2, 0.25) is 5.91 Å². The van der Waals surface area contributed by atoms with Crippen molar-refractivity contribution in [3.8, 4) is 17.1 Å². The van der Waals surface area contributed by atoms with Crippen molar-refractivity contribution < 1.29 is 18.7 Å². The van der Waals surface area contributed by atoms with Gasteiger partial charge in [0.15, 0.2) is 5.76 Å². The smallest absolute Gasteiger partial charge is 0.272 e. The van der Waals surface area contributed by atoms with Crippen LogP contribution < -0.4 is 5.32 Å². The molecule has 3 heterocycles. The van der Waals surface area contributed by atoms with Crippen molar-refractivity contribution in [3.63, 3.8) is 0 Å². The summed E-state index contributed by atoms with van der Waals surface area (Å²) < 4.78 is 12.1. The monoisotopic (exact) mass is 437 g/mol. The number of carbonyl (C=O) groups excluding carboxylic acids is 2. The van der Waals surface area contributed by atoms with E-state index in [0.717, 1.165) is 5.69 Å². The van der Waals surface area contributed by atoms with Crippen LogP contribution in [0.4, 0.5) is 0 Å². The van der Waals surface area contributed by atoms with E-state index < -0.39 is 0 Å². The molecule has 1 aliphatic heterocycles. The summed E-state index contributed by atoms with van der Waals surface area (Å²) in [5.41, 5.74) is 1.89. The average Bonchev–Trinajstić information content (AvgIpc) is 3.50. The van der Waals surface area contributed by atoms with Crippen molar-refractivity contribution in [2.24, 2.45) is 0 Å². The average molecular weight is 438 g/mol. The summed E-state index contributed by atoms with van der Waals surface area (Å²) in [5, 5.41) is 7.46. The Balaban J connectivity index is 1.45. The minimum absolute atomic E-state index is 0.0351. The standard InChI is InChI=1S/C23H27N5O4/c1-31-15-9-24-22(29)17-26-10-12-27(13-11-26)23(30)20-16-19(21-8-5-14-32-21)25-28(20)18-6-3-2-4-7-18/h2-8,14,16H,9-13,15,17H2,1H3,(H,24,29). The van der Waals surface area contributed by atoms with Crippen molar-refractivity contribution in [1.82, 2.24) is 24.9 Å². The molecule has 0 spiro atoms. The zero-order valence-electron chi connectivity index (χ0n) is 18.1. The number of furan rings is 1. The molecule has 9 nitrogen and oxygen atoms in total. The predicted molar refractivity (Wildman–Crippen MR) is 118 cm³/mol. The minimum atomic E-state index is -0.0941. The number of methoxy groups -OCH3 is 1. The highest BCUT2D eigenvalue weighted by Gasteiger charge is 2.27. The molecule has 0 saturated carbocycles. The Morgan fingerprint density at radius 3 is 2.56 bits per heavy atom. The molecule has 1 aromatic carbocycles. The number of carbonyl (C=O) groups is 2. The maximum Gasteiger partial charge on any atom is 0.272 e. The van der Waals surface area contributed by atoms with Crippen molar-refractivity contribution >= 4 is 11.8 Å². The van der Waals surface area contributed by atoms with E-state index >= 15 is 0 Å². The van der Waals surface area contributed by atoms with Gasteiger partial charge in [0, 0.05) is 45.9 Å². The Bertz CT molecular complexity index is 1020. The van der Waals surface area contributed by atoms with Crippen LogP contribution in [-0.4, -0.2) is 84.4 Å². The van der Waals surface area contributed by atoms with E-state index in [2.05, 4.69) is 15.3 Å². The molecule has 0 atom stereocenters. The Kier molecular flexibility index (Phi) is 6.98. The SMILES string of the molecule is COCCNC(=O)CN1CCN(C(=O)c2cc(-c3ccco3)nn2-c2ccccc2)CC1. The second kappa shape index (κ2) is 10.3. The van der Waals surface area contributed by atoms with Crippen LogP contribution in [0.2, 0.25) is 0 Å². The largest absolute Gasteiger partial charge is 0.463 e. The van der Waals surface area contributed by atoms with E-state index in [9.17, 15) is 9.59 Å². The number of nitrogens with zero attached hydrogens (tertiary/aromatic N) is 4. The van der Waals surface area contributed by atoms with E-state index in [0.29, 0.717) is 63.0 Å². The van der Waals surface area contributed by atoms with E-state index in [1.165, 1.54) is 0 Å². The molecule has 1 N–H and O–H groups in total. The molecule has 4 rings (SSSR count). The van der Waals surface area contributed by atoms with Gasteiger partial charge in [-0.2, -0.15) is 5.10 Å². The first-order valence-corrected chi connectivity index (χ1v) is 10.6. The van der Waals surface area contributed by atoms with Crippen molar-refractivity contribution in [2.75, 3.05) is 53.0 Å². The van der Waals surface area contributed by atoms with Crippen LogP contribution in [-0.2, 0) is 9.53 Å². The van der Waals surface area contributed by atoms with Crippen LogP contribution in [0.3, 0.4) is 0 Å². The third-order valence-electron chi connectivity index (χ3n) is 5.36. The van der Waals surface area contributed by atoms with Crippen LogP contribution in [0.5, 0.6) is 0 Å². The topological polar surface area (TPSA) is 92.8 Å². The lowest BCUT2D eigenvalue weighted by molar-refractivity contribution is -0.122. The Morgan fingerprint density at radius 2 is 1.88 bits per heavy atom. The predicted octanol–water partition coefficient (Wildman–Crippen LogP) is 1.65. The molecule has 2 amide bonds. The Labute approximate surface area is 186 Å². The summed E-state index contributed by atoms with van der Waals surface area (Å²) in [6.07, 6.45) is 1.59. The third-order valence-corrected chi connectivity index (χ3v) is 5.36. The number of ether oxygens (including phenoxy) is 1. The van der Waals surface area contributed by atoms with E-state index in [-0.39, 0.29) is 11.8 Å². The Hall–Kier alpha value is -3.43. The fourth-order valence-corrected chi connectivity index (χ4v) is 3.67. The second-order valence-electron chi connectivity index (χ2n) is 7.55. The summed E-state index contributed by atoms with van der Waals surface area (Å²) in [4.78, 5) is 29.3. The van der Waals surface area contributed by atoms with Gasteiger partial charge >= 0.3 is 0 Å². The van der Waals surface area contributed by atoms with Crippen LogP contribution in [0, 0.1) is 0 Å². The first-order chi connectivity index (χ1) is 15.7. The van der Waals surface area contributed by atoms with Gasteiger partial charge in [0.1, 0.15) is 11.4 Å². The van der Waals surface area contributed by atoms with Crippen LogP contribution >= 0.6 is 0 Å². The molecule has 0 aliphatic carbocycles. The van der Waals surface area contributed by atoms with Gasteiger partial charge in [-0.1, -0.05) is 18.2 Å². The first-order valence-electron chi connectivity index (χ1n) is 10.6. The van der Waals surface area contributed by atoms with Gasteiger partial charge in [-0.25, -0.2) is 4.68 Å². The summed E-state index contributed by atoms with van der Waals surface area (Å²) in [6, 6.07) is 15.0. The third kappa shape index (κ3) is 5.06. The molecule has 168 valence electrons. The van der Waals surface area contributed by atoms with Crippen molar-refractivity contribution in [1.29, 1.82) is 0 Å². The van der Waals surface area contributed by atoms with Crippen molar-refractivity contribution in [3.05, 3.63) is 60.5 Å². The van der Waals surface area contributed by atoms with Crippen LogP contribution in [0.1, 0.15) is 10.5 Å². The molecule has 9 heteroatoms. The second-order valence-corrected chi connectivity index (χ2v) is 7.55. The Morgan fingerprint density at radius 1 is 1.09 bits per heavy atom. The summed E-state index contributed by atoms with van der Waals surface area (Å²) in [5.74, 6) is 0.480. The molecule has 0 bridgehead atoms. The summed E-state index contributed by atoms with van der Waals surface area (Å²) in [6.45, 7) is 3.65. The maximum absolute atomic E-state index is 13.4. The fourth-order valence-electron chi connectivity index (χ4n) is 3.67. The highest BCUT2D eigenvalue weighted by atomic mass is 16.5. The van der Waals surface area contributed by atoms with Gasteiger partial charge < -0.3 is 19.4 Å². The molecule has 0 radical (unpaired) electrons. The molecular formula is C23H27N5O4. The number of aromatic nitrogens is 2. The van der Waals surface area contributed by atoms with Gasteiger partial charge in [0.25, 0.3) is 5.91 Å². The number of hydrogen-bond acceptors (Lipinski definition) is 6. The lowest BCUT2D eigenvalue weighted by Gasteiger charge is -2.34. The fraction of sp³-hybridized carbons (Fsp3) is 0.348. The lowest BCUT2D eigenvalue weighted by atomic mass is 10.2. The summed E-state index contributed by atoms with van der Waals surface area (Å²) in [7, 11) is 1.60. The molecule has 1 fully saturated rings. The molecular weight excluding hydrogens is 410 g/mol. The van der Waals surface area contributed by atoms with E-state index in [1.807, 2.05) is 41.3 Å². The molecule has 1 saturated heterocycles. The minimum Gasteiger partial charge on any atom is -0.463 e. The van der Waals surface area contributed by atoms with E-state index in [1.54, 1.807) is 30.2 Å². The maximum atomic E-state index is 13.4. The molecule has 3 aromatic rings. The highest BCUT2D eigenvalue weighted by molar-refractivity contribution is 5.94. The number of hydrogen-bond donors (Lipinski definition) is 1. The number of nitrogens with one attached hydrogen (secondary N) is 1. The lowest BCUT2D eigenvalue weighted by Crippen LogP contribution is -2.51. The molecule has 1 aliphatic rings. The van der Waals surface area contributed by atoms with E-state index in [4.69, 9.17) is 9.15 Å². The molecule has 0 unspecified atom stereocenters. The zero-order valence-corrected chi connectivity index (χ0v) is 18.1. The van der Waals surface area contributed by atoms with Crippen LogP contribution in [0.15, 0.2) is 59.2 Å². The van der Waals surface area contributed by atoms with Crippen molar-refractivity contribution in [2.45, 2.75) is 0 Å². The van der Waals surface area contributed by atoms with Gasteiger partial charge in [-0.3, -0.25) is 14.5 Å². The molecule has 2 aromatic heterocycles. The van der Waals surface area contributed by atoms with Crippen LogP contribution in [0.25, 0.3) is 17.1 Å². The number of rotatable bonds is 8. The summed E-state index contributed by atoms with van der Waals surface area (Å²) >= 11 is 0. The van der Waals surface area contributed by atoms with Gasteiger partial charge in [0.05, 0.1) is 25.1 Å². The molecule has 32 heavy (non-hydrogen) atoms. The van der Waals surface area contributed by atoms with Gasteiger partial charge in [-0.15, -0.1) is 0 Å². The zero-order chi connectivity index (χ0) is 22.3. The number of benzene rings is 1. The number of piperazine rings is 1.